The van der Waals surface area contributed by atoms with Gasteiger partial charge in [-0.15, -0.1) is 0 Å². The van der Waals surface area contributed by atoms with Gasteiger partial charge in [0, 0.05) is 12.6 Å². The lowest BCUT2D eigenvalue weighted by atomic mass is 10.1. The molecule has 2 rings (SSSR count). The van der Waals surface area contributed by atoms with Crippen LogP contribution in [0, 0.1) is 0 Å². The van der Waals surface area contributed by atoms with E-state index in [1.54, 1.807) is 0 Å². The number of likely N-dealkylation sites (N-methyl/N-ethyl adjacent to an activating group) is 1. The Morgan fingerprint density at radius 3 is 2.81 bits per heavy atom. The van der Waals surface area contributed by atoms with Gasteiger partial charge < -0.3 is 9.80 Å². The van der Waals surface area contributed by atoms with Gasteiger partial charge in [0.05, 0.1) is 12.2 Å². The van der Waals surface area contributed by atoms with E-state index in [0.29, 0.717) is 11.9 Å². The molecule has 92 valence electrons. The van der Waals surface area contributed by atoms with Crippen LogP contribution in [0.3, 0.4) is 0 Å². The Labute approximate surface area is 98.0 Å². The van der Waals surface area contributed by atoms with Crippen LogP contribution in [-0.4, -0.2) is 54.1 Å². The second-order valence-corrected chi connectivity index (χ2v) is 5.13. The molecule has 3 unspecified atom stereocenters. The zero-order valence-electron chi connectivity index (χ0n) is 10.6. The standard InChI is InChI=1S/C12H23N3O/c1-4-5-11-12(16)15(9(2)13-11)10-6-7-14(3)8-10/h9-11,13H,4-8H2,1-3H3. The Morgan fingerprint density at radius 1 is 1.50 bits per heavy atom. The van der Waals surface area contributed by atoms with Gasteiger partial charge in [-0.2, -0.15) is 0 Å². The number of carbonyl (C=O) groups excluding carboxylic acids is 1. The van der Waals surface area contributed by atoms with Gasteiger partial charge in [0.2, 0.25) is 5.91 Å². The molecule has 0 spiro atoms. The summed E-state index contributed by atoms with van der Waals surface area (Å²) in [6, 6.07) is 0.479. The molecule has 1 amide bonds. The summed E-state index contributed by atoms with van der Waals surface area (Å²) in [5.41, 5.74) is 0. The van der Waals surface area contributed by atoms with Gasteiger partial charge in [-0.3, -0.25) is 10.1 Å². The SMILES string of the molecule is CCCC1NC(C)N(C2CCN(C)C2)C1=O. The predicted octanol–water partition coefficient (Wildman–Crippen LogP) is 0.637. The van der Waals surface area contributed by atoms with Crippen molar-refractivity contribution in [1.29, 1.82) is 0 Å². The van der Waals surface area contributed by atoms with Gasteiger partial charge in [-0.25, -0.2) is 0 Å². The zero-order valence-corrected chi connectivity index (χ0v) is 10.6. The predicted molar refractivity (Wildman–Crippen MR) is 64.0 cm³/mol. The van der Waals surface area contributed by atoms with Crippen molar-refractivity contribution >= 4 is 5.91 Å². The molecule has 0 aliphatic carbocycles. The fraction of sp³-hybridized carbons (Fsp3) is 0.917. The second kappa shape index (κ2) is 4.72. The van der Waals surface area contributed by atoms with E-state index in [0.717, 1.165) is 32.4 Å². The van der Waals surface area contributed by atoms with Crippen LogP contribution in [0.5, 0.6) is 0 Å². The molecule has 3 atom stereocenters. The molecule has 2 heterocycles. The largest absolute Gasteiger partial charge is 0.322 e. The lowest BCUT2D eigenvalue weighted by Gasteiger charge is -2.27. The third-order valence-electron chi connectivity index (χ3n) is 3.75. The van der Waals surface area contributed by atoms with E-state index >= 15 is 0 Å². The molecule has 1 N–H and O–H groups in total. The first kappa shape index (κ1) is 11.9. The molecule has 2 aliphatic rings. The van der Waals surface area contributed by atoms with Gasteiger partial charge in [0.1, 0.15) is 0 Å². The molecule has 0 bridgehead atoms. The molecule has 4 heteroatoms. The van der Waals surface area contributed by atoms with Crippen molar-refractivity contribution in [3.05, 3.63) is 0 Å². The molecule has 0 aromatic carbocycles. The van der Waals surface area contributed by atoms with Crippen molar-refractivity contribution in [2.75, 3.05) is 20.1 Å². The minimum absolute atomic E-state index is 0.0610. The van der Waals surface area contributed by atoms with Gasteiger partial charge in [0.25, 0.3) is 0 Å². The first-order valence-electron chi connectivity index (χ1n) is 6.40. The van der Waals surface area contributed by atoms with Crippen molar-refractivity contribution in [3.8, 4) is 0 Å². The summed E-state index contributed by atoms with van der Waals surface area (Å²) in [5, 5.41) is 3.40. The average molecular weight is 225 g/mol. The number of nitrogens with one attached hydrogen (secondary N) is 1. The molecule has 16 heavy (non-hydrogen) atoms. The molecule has 0 aromatic rings. The fourth-order valence-electron chi connectivity index (χ4n) is 2.94. The summed E-state index contributed by atoms with van der Waals surface area (Å²) in [7, 11) is 2.13. The number of hydrogen-bond acceptors (Lipinski definition) is 3. The zero-order chi connectivity index (χ0) is 11.7. The highest BCUT2D eigenvalue weighted by Gasteiger charge is 2.41. The normalized spacial score (nSPS) is 36.3. The molecular weight excluding hydrogens is 202 g/mol. The first-order chi connectivity index (χ1) is 7.63. The van der Waals surface area contributed by atoms with Crippen LogP contribution in [0.25, 0.3) is 0 Å². The van der Waals surface area contributed by atoms with Gasteiger partial charge >= 0.3 is 0 Å². The molecule has 4 nitrogen and oxygen atoms in total. The van der Waals surface area contributed by atoms with Gasteiger partial charge in [-0.05, 0) is 33.4 Å². The Kier molecular flexibility index (Phi) is 3.50. The van der Waals surface area contributed by atoms with Gasteiger partial charge in [0.15, 0.2) is 0 Å². The Hall–Kier alpha value is -0.610. The van der Waals surface area contributed by atoms with E-state index in [9.17, 15) is 4.79 Å². The molecule has 0 saturated carbocycles. The highest BCUT2D eigenvalue weighted by atomic mass is 16.2. The lowest BCUT2D eigenvalue weighted by molar-refractivity contribution is -0.131. The minimum atomic E-state index is 0.0610. The number of hydrogen-bond donors (Lipinski definition) is 1. The van der Waals surface area contributed by atoms with Crippen molar-refractivity contribution in [1.82, 2.24) is 15.1 Å². The van der Waals surface area contributed by atoms with E-state index in [1.807, 2.05) is 0 Å². The summed E-state index contributed by atoms with van der Waals surface area (Å²) in [5.74, 6) is 0.314. The molecule has 2 fully saturated rings. The number of carbonyl (C=O) groups is 1. The topological polar surface area (TPSA) is 35.6 Å². The van der Waals surface area contributed by atoms with Crippen molar-refractivity contribution in [2.45, 2.75) is 51.4 Å². The van der Waals surface area contributed by atoms with E-state index in [-0.39, 0.29) is 12.2 Å². The first-order valence-corrected chi connectivity index (χ1v) is 6.40. The average Bonchev–Trinajstić information content (AvgIpc) is 2.74. The maximum absolute atomic E-state index is 12.2. The van der Waals surface area contributed by atoms with Crippen LogP contribution in [0.2, 0.25) is 0 Å². The van der Waals surface area contributed by atoms with Crippen LogP contribution in [0.15, 0.2) is 0 Å². The van der Waals surface area contributed by atoms with E-state index in [4.69, 9.17) is 0 Å². The van der Waals surface area contributed by atoms with E-state index < -0.39 is 0 Å². The molecule has 2 saturated heterocycles. The van der Waals surface area contributed by atoms with Crippen LogP contribution >= 0.6 is 0 Å². The maximum atomic E-state index is 12.2. The summed E-state index contributed by atoms with van der Waals surface area (Å²) in [6.45, 7) is 6.37. The smallest absolute Gasteiger partial charge is 0.241 e. The maximum Gasteiger partial charge on any atom is 0.241 e. The highest BCUT2D eigenvalue weighted by Crippen LogP contribution is 2.22. The fourth-order valence-corrected chi connectivity index (χ4v) is 2.94. The molecule has 2 aliphatic heterocycles. The van der Waals surface area contributed by atoms with E-state index in [1.165, 1.54) is 0 Å². The molecular formula is C12H23N3O. The highest BCUT2D eigenvalue weighted by molar-refractivity contribution is 5.84. The Morgan fingerprint density at radius 2 is 2.25 bits per heavy atom. The number of rotatable bonds is 3. The van der Waals surface area contributed by atoms with Gasteiger partial charge in [-0.1, -0.05) is 13.3 Å². The van der Waals surface area contributed by atoms with Crippen molar-refractivity contribution < 1.29 is 4.79 Å². The van der Waals surface area contributed by atoms with Crippen LogP contribution in [-0.2, 0) is 4.79 Å². The third-order valence-corrected chi connectivity index (χ3v) is 3.75. The summed E-state index contributed by atoms with van der Waals surface area (Å²) >= 11 is 0. The van der Waals surface area contributed by atoms with Crippen LogP contribution in [0.1, 0.15) is 33.1 Å². The quantitative estimate of drug-likeness (QED) is 0.765. The molecule has 0 aromatic heterocycles. The van der Waals surface area contributed by atoms with Crippen molar-refractivity contribution in [3.63, 3.8) is 0 Å². The Bertz CT molecular complexity index is 269. The van der Waals surface area contributed by atoms with Crippen LogP contribution in [0.4, 0.5) is 0 Å². The summed E-state index contributed by atoms with van der Waals surface area (Å²) in [6.07, 6.45) is 3.35. The number of amides is 1. The van der Waals surface area contributed by atoms with E-state index in [2.05, 4.69) is 36.0 Å². The summed E-state index contributed by atoms with van der Waals surface area (Å²) in [4.78, 5) is 16.6. The summed E-state index contributed by atoms with van der Waals surface area (Å²) < 4.78 is 0. The third kappa shape index (κ3) is 2.09. The Balaban J connectivity index is 2.01. The number of nitrogens with zero attached hydrogens (tertiary/aromatic N) is 2. The minimum Gasteiger partial charge on any atom is -0.322 e. The van der Waals surface area contributed by atoms with Crippen LogP contribution < -0.4 is 5.32 Å². The lowest BCUT2D eigenvalue weighted by Crippen LogP contribution is -2.44. The molecule has 0 radical (unpaired) electrons. The van der Waals surface area contributed by atoms with Crippen molar-refractivity contribution in [2.24, 2.45) is 0 Å². The monoisotopic (exact) mass is 225 g/mol. The second-order valence-electron chi connectivity index (χ2n) is 5.13. The number of likely N-dealkylation sites (tertiary alicyclic amines) is 1.